The lowest BCUT2D eigenvalue weighted by Gasteiger charge is -2.13. The van der Waals surface area contributed by atoms with Crippen molar-refractivity contribution in [2.45, 2.75) is 13.0 Å². The Bertz CT molecular complexity index is 413. The molecule has 0 spiro atoms. The highest BCUT2D eigenvalue weighted by atomic mass is 16.5. The first-order valence-corrected chi connectivity index (χ1v) is 5.59. The van der Waals surface area contributed by atoms with Crippen molar-refractivity contribution in [2.24, 2.45) is 5.73 Å². The van der Waals surface area contributed by atoms with Gasteiger partial charge in [0, 0.05) is 12.0 Å². The van der Waals surface area contributed by atoms with Crippen molar-refractivity contribution in [3.05, 3.63) is 23.3 Å². The highest BCUT2D eigenvalue weighted by molar-refractivity contribution is 6.63. The molecule has 17 heavy (non-hydrogen) atoms. The molecule has 1 unspecified atom stereocenters. The van der Waals surface area contributed by atoms with E-state index in [1.807, 2.05) is 13.0 Å². The summed E-state index contributed by atoms with van der Waals surface area (Å²) in [4.78, 5) is 0. The number of hydrogen-bond acceptors (Lipinski definition) is 5. The van der Waals surface area contributed by atoms with Crippen LogP contribution >= 0.6 is 0 Å². The molecule has 92 valence electrons. The molecular formula is C11H16BNO4. The van der Waals surface area contributed by atoms with Gasteiger partial charge < -0.3 is 25.3 Å². The van der Waals surface area contributed by atoms with Crippen LogP contribution in [-0.2, 0) is 4.65 Å². The molecule has 1 heterocycles. The number of benzene rings is 1. The van der Waals surface area contributed by atoms with E-state index in [9.17, 15) is 5.02 Å². The summed E-state index contributed by atoms with van der Waals surface area (Å²) in [6, 6.07) is 3.67. The second kappa shape index (κ2) is 5.06. The third-order valence-electron chi connectivity index (χ3n) is 2.89. The summed E-state index contributed by atoms with van der Waals surface area (Å²) >= 11 is 0. The van der Waals surface area contributed by atoms with Crippen LogP contribution in [0.3, 0.4) is 0 Å². The molecule has 0 radical (unpaired) electrons. The summed E-state index contributed by atoms with van der Waals surface area (Å²) in [5, 5.41) is 18.6. The van der Waals surface area contributed by atoms with Crippen LogP contribution in [-0.4, -0.2) is 37.0 Å². The molecule has 1 aromatic rings. The maximum Gasteiger partial charge on any atom is 0.495 e. The third-order valence-corrected chi connectivity index (χ3v) is 2.89. The SMILES string of the molecule is Cc1ccc(OCCO)c2c1C(CN)OB2O. The zero-order valence-electron chi connectivity index (χ0n) is 9.72. The second-order valence-corrected chi connectivity index (χ2v) is 3.99. The Hall–Kier alpha value is -1.08. The zero-order valence-corrected chi connectivity index (χ0v) is 9.72. The van der Waals surface area contributed by atoms with Crippen molar-refractivity contribution in [1.29, 1.82) is 0 Å². The zero-order chi connectivity index (χ0) is 12.4. The smallest absolute Gasteiger partial charge is 0.492 e. The largest absolute Gasteiger partial charge is 0.495 e. The summed E-state index contributed by atoms with van der Waals surface area (Å²) in [6.45, 7) is 2.38. The summed E-state index contributed by atoms with van der Waals surface area (Å²) in [6.07, 6.45) is -0.294. The first kappa shape index (κ1) is 12.4. The molecule has 1 atom stereocenters. The molecule has 0 aliphatic carbocycles. The lowest BCUT2D eigenvalue weighted by molar-refractivity contribution is 0.196. The molecule has 5 nitrogen and oxygen atoms in total. The average Bonchev–Trinajstić information content (AvgIpc) is 2.67. The van der Waals surface area contributed by atoms with Crippen LogP contribution in [0.25, 0.3) is 0 Å². The van der Waals surface area contributed by atoms with E-state index in [0.29, 0.717) is 17.8 Å². The Morgan fingerprint density at radius 1 is 1.53 bits per heavy atom. The van der Waals surface area contributed by atoms with E-state index in [4.69, 9.17) is 20.2 Å². The number of fused-ring (bicyclic) bond motifs is 1. The molecule has 0 saturated heterocycles. The van der Waals surface area contributed by atoms with Crippen molar-refractivity contribution in [1.82, 2.24) is 0 Å². The Labute approximate surface area is 100 Å². The van der Waals surface area contributed by atoms with E-state index in [-0.39, 0.29) is 19.3 Å². The van der Waals surface area contributed by atoms with Gasteiger partial charge in [0.15, 0.2) is 0 Å². The van der Waals surface area contributed by atoms with Gasteiger partial charge in [-0.2, -0.15) is 0 Å². The van der Waals surface area contributed by atoms with Crippen LogP contribution in [0.5, 0.6) is 5.75 Å². The van der Waals surface area contributed by atoms with E-state index in [0.717, 1.165) is 11.1 Å². The van der Waals surface area contributed by atoms with Gasteiger partial charge in [-0.15, -0.1) is 0 Å². The van der Waals surface area contributed by atoms with Crippen LogP contribution < -0.4 is 15.9 Å². The average molecular weight is 237 g/mol. The van der Waals surface area contributed by atoms with Gasteiger partial charge in [-0.25, -0.2) is 0 Å². The van der Waals surface area contributed by atoms with E-state index in [1.165, 1.54) is 0 Å². The number of nitrogens with two attached hydrogens (primary N) is 1. The van der Waals surface area contributed by atoms with Gasteiger partial charge in [-0.1, -0.05) is 6.07 Å². The number of aliphatic hydroxyl groups excluding tert-OH is 1. The second-order valence-electron chi connectivity index (χ2n) is 3.99. The van der Waals surface area contributed by atoms with E-state index in [2.05, 4.69) is 0 Å². The predicted octanol–water partition coefficient (Wildman–Crippen LogP) is -0.916. The molecule has 2 rings (SSSR count). The van der Waals surface area contributed by atoms with Gasteiger partial charge in [0.2, 0.25) is 0 Å². The minimum atomic E-state index is -1.01. The molecule has 1 aromatic carbocycles. The van der Waals surface area contributed by atoms with Crippen molar-refractivity contribution >= 4 is 12.6 Å². The molecule has 0 amide bonds. The third kappa shape index (κ3) is 2.17. The van der Waals surface area contributed by atoms with E-state index in [1.54, 1.807) is 6.07 Å². The maximum atomic E-state index is 9.87. The fourth-order valence-corrected chi connectivity index (χ4v) is 2.15. The molecule has 0 saturated carbocycles. The van der Waals surface area contributed by atoms with E-state index < -0.39 is 7.12 Å². The van der Waals surface area contributed by atoms with Crippen LogP contribution in [0.4, 0.5) is 0 Å². The van der Waals surface area contributed by atoms with Crippen LogP contribution in [0.1, 0.15) is 17.2 Å². The van der Waals surface area contributed by atoms with Crippen molar-refractivity contribution in [3.63, 3.8) is 0 Å². The predicted molar refractivity (Wildman–Crippen MR) is 64.2 cm³/mol. The fraction of sp³-hybridized carbons (Fsp3) is 0.455. The minimum Gasteiger partial charge on any atom is -0.492 e. The van der Waals surface area contributed by atoms with Gasteiger partial charge in [-0.05, 0) is 24.1 Å². The molecule has 1 aliphatic rings. The summed E-state index contributed by atoms with van der Waals surface area (Å²) in [7, 11) is -1.01. The molecule has 0 fully saturated rings. The normalized spacial score (nSPS) is 18.4. The first-order chi connectivity index (χ1) is 8.19. The summed E-state index contributed by atoms with van der Waals surface area (Å²) in [5.41, 5.74) is 8.16. The highest BCUT2D eigenvalue weighted by Crippen LogP contribution is 2.29. The van der Waals surface area contributed by atoms with Gasteiger partial charge in [0.1, 0.15) is 12.4 Å². The maximum absolute atomic E-state index is 9.87. The Kier molecular flexibility index (Phi) is 3.68. The lowest BCUT2D eigenvalue weighted by Crippen LogP contribution is -2.30. The lowest BCUT2D eigenvalue weighted by atomic mass is 9.77. The summed E-state index contributed by atoms with van der Waals surface area (Å²) in [5.74, 6) is 0.545. The number of ether oxygens (including phenoxy) is 1. The molecule has 1 aliphatic heterocycles. The van der Waals surface area contributed by atoms with Crippen LogP contribution in [0.15, 0.2) is 12.1 Å². The molecule has 6 heteroatoms. The standard InChI is InChI=1S/C11H16BNO4/c1-7-2-3-8(16-5-4-14)11-10(7)9(6-13)17-12(11)15/h2-3,9,14-15H,4-6,13H2,1H3. The van der Waals surface area contributed by atoms with Gasteiger partial charge >= 0.3 is 7.12 Å². The Balaban J connectivity index is 2.42. The van der Waals surface area contributed by atoms with E-state index >= 15 is 0 Å². The number of aryl methyl sites for hydroxylation is 1. The number of aliphatic hydroxyl groups is 1. The molecule has 0 bridgehead atoms. The Morgan fingerprint density at radius 2 is 2.29 bits per heavy atom. The monoisotopic (exact) mass is 237 g/mol. The number of rotatable bonds is 4. The highest BCUT2D eigenvalue weighted by Gasteiger charge is 2.38. The first-order valence-electron chi connectivity index (χ1n) is 5.59. The van der Waals surface area contributed by atoms with Gasteiger partial charge in [0.25, 0.3) is 0 Å². The molecular weight excluding hydrogens is 221 g/mol. The van der Waals surface area contributed by atoms with Crippen molar-refractivity contribution in [2.75, 3.05) is 19.8 Å². The minimum absolute atomic E-state index is 0.0695. The molecule has 0 aromatic heterocycles. The topological polar surface area (TPSA) is 84.9 Å². The van der Waals surface area contributed by atoms with Gasteiger partial charge in [-0.3, -0.25) is 0 Å². The van der Waals surface area contributed by atoms with Crippen molar-refractivity contribution < 1.29 is 19.5 Å². The van der Waals surface area contributed by atoms with Crippen molar-refractivity contribution in [3.8, 4) is 5.75 Å². The van der Waals surface area contributed by atoms with Crippen LogP contribution in [0, 0.1) is 6.92 Å². The fourth-order valence-electron chi connectivity index (χ4n) is 2.15. The number of hydrogen-bond donors (Lipinski definition) is 3. The van der Waals surface area contributed by atoms with Gasteiger partial charge in [0.05, 0.1) is 12.7 Å². The Morgan fingerprint density at radius 3 is 2.94 bits per heavy atom. The van der Waals surface area contributed by atoms with Crippen LogP contribution in [0.2, 0.25) is 0 Å². The summed E-state index contributed by atoms with van der Waals surface area (Å²) < 4.78 is 10.8. The quantitative estimate of drug-likeness (QED) is 0.590. The molecule has 4 N–H and O–H groups in total.